The van der Waals surface area contributed by atoms with E-state index in [9.17, 15) is 4.79 Å². The molecule has 1 aliphatic rings. The Bertz CT molecular complexity index is 474. The van der Waals surface area contributed by atoms with E-state index >= 15 is 0 Å². The molecule has 1 unspecified atom stereocenters. The molecular formula is C12H19ClN4O. The summed E-state index contributed by atoms with van der Waals surface area (Å²) in [5.41, 5.74) is 0.390. The highest BCUT2D eigenvalue weighted by Gasteiger charge is 2.16. The lowest BCUT2D eigenvalue weighted by Crippen LogP contribution is -2.26. The van der Waals surface area contributed by atoms with Crippen molar-refractivity contribution in [2.24, 2.45) is 7.05 Å². The van der Waals surface area contributed by atoms with Gasteiger partial charge in [0.15, 0.2) is 0 Å². The Morgan fingerprint density at radius 1 is 1.39 bits per heavy atom. The van der Waals surface area contributed by atoms with Crippen molar-refractivity contribution in [2.45, 2.75) is 25.3 Å². The highest BCUT2D eigenvalue weighted by atomic mass is 35.5. The van der Waals surface area contributed by atoms with Crippen LogP contribution in [0.4, 0.5) is 5.69 Å². The zero-order valence-corrected chi connectivity index (χ0v) is 11.6. The predicted octanol–water partition coefficient (Wildman–Crippen LogP) is 1.33. The average molecular weight is 271 g/mol. The van der Waals surface area contributed by atoms with Gasteiger partial charge in [-0.1, -0.05) is 11.6 Å². The first-order valence-corrected chi connectivity index (χ1v) is 6.62. The molecule has 1 atom stereocenters. The van der Waals surface area contributed by atoms with Gasteiger partial charge in [0.1, 0.15) is 5.02 Å². The highest BCUT2D eigenvalue weighted by Crippen LogP contribution is 2.20. The monoisotopic (exact) mass is 270 g/mol. The summed E-state index contributed by atoms with van der Waals surface area (Å²) >= 11 is 6.04. The molecule has 0 radical (unpaired) electrons. The molecule has 0 spiro atoms. The molecule has 5 nitrogen and oxygen atoms in total. The van der Waals surface area contributed by atoms with Crippen LogP contribution in [0.2, 0.25) is 5.02 Å². The number of hydrogen-bond acceptors (Lipinski definition) is 4. The van der Waals surface area contributed by atoms with Crippen molar-refractivity contribution in [1.29, 1.82) is 0 Å². The largest absolute Gasteiger partial charge is 0.380 e. The maximum Gasteiger partial charge on any atom is 0.287 e. The fourth-order valence-corrected chi connectivity index (χ4v) is 2.44. The average Bonchev–Trinajstić information content (AvgIpc) is 2.55. The lowest BCUT2D eigenvalue weighted by Gasteiger charge is -2.18. The summed E-state index contributed by atoms with van der Waals surface area (Å²) in [7, 11) is 3.73. The van der Waals surface area contributed by atoms with Crippen LogP contribution < -0.4 is 10.9 Å². The second-order valence-electron chi connectivity index (χ2n) is 4.88. The van der Waals surface area contributed by atoms with Crippen LogP contribution in [0.5, 0.6) is 0 Å². The lowest BCUT2D eigenvalue weighted by molar-refractivity contribution is 0.348. The zero-order valence-electron chi connectivity index (χ0n) is 10.8. The fourth-order valence-electron chi connectivity index (χ4n) is 2.22. The first-order valence-electron chi connectivity index (χ1n) is 6.25. The molecule has 0 aromatic carbocycles. The van der Waals surface area contributed by atoms with Crippen LogP contribution in [0.3, 0.4) is 0 Å². The Balaban J connectivity index is 2.09. The Kier molecular flexibility index (Phi) is 4.24. The van der Waals surface area contributed by atoms with Gasteiger partial charge in [-0.3, -0.25) is 4.79 Å². The molecule has 0 aliphatic carbocycles. The van der Waals surface area contributed by atoms with Crippen LogP contribution in [-0.4, -0.2) is 40.9 Å². The van der Waals surface area contributed by atoms with E-state index < -0.39 is 0 Å². The third-order valence-corrected chi connectivity index (χ3v) is 3.75. The highest BCUT2D eigenvalue weighted by molar-refractivity contribution is 6.32. The topological polar surface area (TPSA) is 50.2 Å². The molecule has 1 fully saturated rings. The second kappa shape index (κ2) is 5.71. The summed E-state index contributed by atoms with van der Waals surface area (Å²) in [6.07, 6.45) is 4.93. The van der Waals surface area contributed by atoms with Crippen molar-refractivity contribution in [2.75, 3.05) is 25.5 Å². The van der Waals surface area contributed by atoms with Gasteiger partial charge in [0.05, 0.1) is 11.9 Å². The van der Waals surface area contributed by atoms with Crippen molar-refractivity contribution in [3.63, 3.8) is 0 Å². The SMILES string of the molecule is CN1CCCC(Nc2cnn(C)c(=O)c2Cl)CC1. The number of halogens is 1. The Hall–Kier alpha value is -1.07. The van der Waals surface area contributed by atoms with E-state index in [1.54, 1.807) is 13.2 Å². The molecule has 1 N–H and O–H groups in total. The maximum atomic E-state index is 11.7. The van der Waals surface area contributed by atoms with E-state index in [2.05, 4.69) is 22.4 Å². The van der Waals surface area contributed by atoms with Gasteiger partial charge >= 0.3 is 0 Å². The van der Waals surface area contributed by atoms with Gasteiger partial charge in [-0.05, 0) is 39.4 Å². The van der Waals surface area contributed by atoms with Crippen molar-refractivity contribution in [3.8, 4) is 0 Å². The van der Waals surface area contributed by atoms with Crippen molar-refractivity contribution < 1.29 is 0 Å². The number of hydrogen-bond donors (Lipinski definition) is 1. The number of nitrogens with zero attached hydrogens (tertiary/aromatic N) is 3. The molecule has 1 aliphatic heterocycles. The third kappa shape index (κ3) is 3.03. The van der Waals surface area contributed by atoms with E-state index in [4.69, 9.17) is 11.6 Å². The van der Waals surface area contributed by atoms with E-state index in [0.29, 0.717) is 11.7 Å². The number of rotatable bonds is 2. The van der Waals surface area contributed by atoms with Gasteiger partial charge in [-0.25, -0.2) is 4.68 Å². The summed E-state index contributed by atoms with van der Waals surface area (Å²) in [6.45, 7) is 2.19. The Morgan fingerprint density at radius 2 is 2.17 bits per heavy atom. The molecule has 6 heteroatoms. The molecule has 0 saturated carbocycles. The van der Waals surface area contributed by atoms with Crippen molar-refractivity contribution in [3.05, 3.63) is 21.6 Å². The van der Waals surface area contributed by atoms with Gasteiger partial charge in [-0.15, -0.1) is 0 Å². The van der Waals surface area contributed by atoms with Gasteiger partial charge in [0.25, 0.3) is 5.56 Å². The molecular weight excluding hydrogens is 252 g/mol. The molecule has 2 rings (SSSR count). The van der Waals surface area contributed by atoms with E-state index in [0.717, 1.165) is 32.4 Å². The summed E-state index contributed by atoms with van der Waals surface area (Å²) in [6, 6.07) is 0.362. The number of anilines is 1. The van der Waals surface area contributed by atoms with Gasteiger partial charge in [0.2, 0.25) is 0 Å². The van der Waals surface area contributed by atoms with Crippen molar-refractivity contribution in [1.82, 2.24) is 14.7 Å². The molecule has 1 saturated heterocycles. The summed E-state index contributed by atoms with van der Waals surface area (Å²) in [5.74, 6) is 0. The van der Waals surface area contributed by atoms with Gasteiger partial charge < -0.3 is 10.2 Å². The minimum atomic E-state index is -0.257. The first kappa shape index (κ1) is 13.4. The second-order valence-corrected chi connectivity index (χ2v) is 5.25. The number of nitrogens with one attached hydrogen (secondary N) is 1. The van der Waals surface area contributed by atoms with E-state index in [1.165, 1.54) is 4.68 Å². The predicted molar refractivity (Wildman–Crippen MR) is 73.2 cm³/mol. The van der Waals surface area contributed by atoms with Crippen LogP contribution >= 0.6 is 11.6 Å². The van der Waals surface area contributed by atoms with Crippen LogP contribution in [0.15, 0.2) is 11.0 Å². The standard InChI is InChI=1S/C12H19ClN4O/c1-16-6-3-4-9(5-7-16)15-10-8-14-17(2)12(18)11(10)13/h8-9,15H,3-7H2,1-2H3. The van der Waals surface area contributed by atoms with Crippen molar-refractivity contribution >= 4 is 17.3 Å². The van der Waals surface area contributed by atoms with Crippen LogP contribution in [0, 0.1) is 0 Å². The maximum absolute atomic E-state index is 11.7. The quantitative estimate of drug-likeness (QED) is 0.881. The fraction of sp³-hybridized carbons (Fsp3) is 0.667. The Labute approximate surface area is 112 Å². The summed E-state index contributed by atoms with van der Waals surface area (Å²) < 4.78 is 1.24. The lowest BCUT2D eigenvalue weighted by atomic mass is 10.1. The van der Waals surface area contributed by atoms with E-state index in [-0.39, 0.29) is 10.6 Å². The van der Waals surface area contributed by atoms with Crippen LogP contribution in [0.25, 0.3) is 0 Å². The van der Waals surface area contributed by atoms with E-state index in [1.807, 2.05) is 0 Å². The van der Waals surface area contributed by atoms with Crippen LogP contribution in [0.1, 0.15) is 19.3 Å². The number of aromatic nitrogens is 2. The van der Waals surface area contributed by atoms with Gasteiger partial charge in [-0.2, -0.15) is 5.10 Å². The minimum Gasteiger partial charge on any atom is -0.380 e. The van der Waals surface area contributed by atoms with Gasteiger partial charge in [0, 0.05) is 13.1 Å². The smallest absolute Gasteiger partial charge is 0.287 e. The molecule has 2 heterocycles. The molecule has 0 amide bonds. The molecule has 1 aromatic rings. The number of likely N-dealkylation sites (tertiary alicyclic amines) is 1. The molecule has 100 valence electrons. The molecule has 18 heavy (non-hydrogen) atoms. The normalized spacial score (nSPS) is 21.6. The minimum absolute atomic E-state index is 0.227. The number of aryl methyl sites for hydroxylation is 1. The molecule has 0 bridgehead atoms. The first-order chi connectivity index (χ1) is 8.58. The molecule has 1 aromatic heterocycles. The summed E-state index contributed by atoms with van der Waals surface area (Å²) in [4.78, 5) is 14.0. The van der Waals surface area contributed by atoms with Crippen LogP contribution in [-0.2, 0) is 7.05 Å². The summed E-state index contributed by atoms with van der Waals surface area (Å²) in [5, 5.41) is 7.56. The Morgan fingerprint density at radius 3 is 2.94 bits per heavy atom. The zero-order chi connectivity index (χ0) is 13.1. The third-order valence-electron chi connectivity index (χ3n) is 3.39.